The summed E-state index contributed by atoms with van der Waals surface area (Å²) in [6.45, 7) is 0. The van der Waals surface area contributed by atoms with E-state index in [0.29, 0.717) is 5.39 Å². The third-order valence-corrected chi connectivity index (χ3v) is 4.71. The largest absolute Gasteiger partial charge is 0.206 e. The molecule has 0 saturated carbocycles. The van der Waals surface area contributed by atoms with Crippen molar-refractivity contribution in [2.45, 2.75) is 0 Å². The van der Waals surface area contributed by atoms with Crippen molar-refractivity contribution in [1.82, 2.24) is 0 Å². The van der Waals surface area contributed by atoms with Crippen LogP contribution in [0.3, 0.4) is 0 Å². The molecule has 0 atom stereocenters. The van der Waals surface area contributed by atoms with Crippen LogP contribution in [0.25, 0.3) is 43.1 Å². The maximum atomic E-state index is 14.6. The van der Waals surface area contributed by atoms with E-state index in [1.54, 1.807) is 6.07 Å². The van der Waals surface area contributed by atoms with Gasteiger partial charge in [0.2, 0.25) is 0 Å². The first-order chi connectivity index (χ1) is 11.3. The number of halogens is 1. The second-order valence-electron chi connectivity index (χ2n) is 5.95. The van der Waals surface area contributed by atoms with Gasteiger partial charge in [0.05, 0.1) is 0 Å². The maximum Gasteiger partial charge on any atom is 0.131 e. The van der Waals surface area contributed by atoms with Gasteiger partial charge in [-0.3, -0.25) is 0 Å². The van der Waals surface area contributed by atoms with Gasteiger partial charge in [-0.25, -0.2) is 4.39 Å². The average Bonchev–Trinajstić information content (AvgIpc) is 2.61. The van der Waals surface area contributed by atoms with E-state index in [2.05, 4.69) is 36.4 Å². The molecule has 0 bridgehead atoms. The summed E-state index contributed by atoms with van der Waals surface area (Å²) in [6.07, 6.45) is 0. The van der Waals surface area contributed by atoms with Crippen molar-refractivity contribution in [2.24, 2.45) is 0 Å². The summed E-state index contributed by atoms with van der Waals surface area (Å²) in [5.41, 5.74) is 0. The summed E-state index contributed by atoms with van der Waals surface area (Å²) in [4.78, 5) is 0. The molecule has 1 heteroatoms. The first kappa shape index (κ1) is 12.6. The van der Waals surface area contributed by atoms with E-state index in [9.17, 15) is 4.39 Å². The fraction of sp³-hybridized carbons (Fsp3) is 0. The quantitative estimate of drug-likeness (QED) is 0.288. The molecule has 5 aromatic rings. The van der Waals surface area contributed by atoms with Gasteiger partial charge in [0.1, 0.15) is 5.82 Å². The number of rotatable bonds is 0. The van der Waals surface area contributed by atoms with E-state index in [4.69, 9.17) is 0 Å². The topological polar surface area (TPSA) is 0 Å². The highest BCUT2D eigenvalue weighted by Gasteiger charge is 2.10. The molecule has 0 aliphatic rings. The predicted octanol–water partition coefficient (Wildman–Crippen LogP) is 6.44. The zero-order valence-corrected chi connectivity index (χ0v) is 12.4. The molecule has 23 heavy (non-hydrogen) atoms. The lowest BCUT2D eigenvalue weighted by Crippen LogP contribution is -1.85. The van der Waals surface area contributed by atoms with E-state index in [1.165, 1.54) is 16.2 Å². The average molecular weight is 296 g/mol. The van der Waals surface area contributed by atoms with Crippen LogP contribution >= 0.6 is 0 Å². The standard InChI is InChI=1S/C22H13F/c23-22-13-21-18-10-9-14-5-1-2-6-15(14)17(18)11-12-19(21)16-7-3-4-8-20(16)22/h1-13H. The highest BCUT2D eigenvalue weighted by molar-refractivity contribution is 6.22. The van der Waals surface area contributed by atoms with Crippen LogP contribution in [-0.4, -0.2) is 0 Å². The van der Waals surface area contributed by atoms with Crippen molar-refractivity contribution in [2.75, 3.05) is 0 Å². The molecule has 0 aromatic heterocycles. The third-order valence-electron chi connectivity index (χ3n) is 4.71. The van der Waals surface area contributed by atoms with Crippen molar-refractivity contribution >= 4 is 43.1 Å². The van der Waals surface area contributed by atoms with Crippen LogP contribution in [0.5, 0.6) is 0 Å². The van der Waals surface area contributed by atoms with Crippen LogP contribution in [0.2, 0.25) is 0 Å². The summed E-state index contributed by atoms with van der Waals surface area (Å²) in [7, 11) is 0. The summed E-state index contributed by atoms with van der Waals surface area (Å²) < 4.78 is 14.6. The van der Waals surface area contributed by atoms with Crippen molar-refractivity contribution in [3.05, 3.63) is 84.7 Å². The maximum absolute atomic E-state index is 14.6. The van der Waals surface area contributed by atoms with Gasteiger partial charge in [-0.1, -0.05) is 72.8 Å². The minimum absolute atomic E-state index is 0.159. The Kier molecular flexibility index (Phi) is 2.48. The van der Waals surface area contributed by atoms with E-state index < -0.39 is 0 Å². The molecule has 0 N–H and O–H groups in total. The Balaban J connectivity index is 2.06. The monoisotopic (exact) mass is 296 g/mol. The molecule has 0 nitrogen and oxygen atoms in total. The van der Waals surface area contributed by atoms with Crippen LogP contribution in [0.4, 0.5) is 4.39 Å². The minimum Gasteiger partial charge on any atom is -0.206 e. The molecular formula is C22H13F. The van der Waals surface area contributed by atoms with Gasteiger partial charge in [0.25, 0.3) is 0 Å². The zero-order valence-electron chi connectivity index (χ0n) is 12.4. The van der Waals surface area contributed by atoms with Crippen LogP contribution in [0, 0.1) is 5.82 Å². The fourth-order valence-electron chi connectivity index (χ4n) is 3.63. The number of benzene rings is 5. The fourth-order valence-corrected chi connectivity index (χ4v) is 3.63. The molecule has 0 fully saturated rings. The lowest BCUT2D eigenvalue weighted by molar-refractivity contribution is 0.641. The van der Waals surface area contributed by atoms with E-state index >= 15 is 0 Å². The van der Waals surface area contributed by atoms with Crippen LogP contribution in [0.1, 0.15) is 0 Å². The molecule has 0 aliphatic heterocycles. The lowest BCUT2D eigenvalue weighted by atomic mass is 9.94. The Hall–Kier alpha value is -2.93. The van der Waals surface area contributed by atoms with E-state index in [-0.39, 0.29) is 5.82 Å². The third kappa shape index (κ3) is 1.71. The van der Waals surface area contributed by atoms with Gasteiger partial charge in [-0.05, 0) is 43.8 Å². The Morgan fingerprint density at radius 2 is 0.957 bits per heavy atom. The molecule has 108 valence electrons. The second kappa shape index (κ2) is 4.53. The first-order valence-electron chi connectivity index (χ1n) is 7.74. The smallest absolute Gasteiger partial charge is 0.131 e. The van der Waals surface area contributed by atoms with Gasteiger partial charge in [0, 0.05) is 5.39 Å². The zero-order chi connectivity index (χ0) is 15.4. The van der Waals surface area contributed by atoms with Crippen LogP contribution < -0.4 is 0 Å². The van der Waals surface area contributed by atoms with Gasteiger partial charge in [-0.15, -0.1) is 0 Å². The molecule has 0 unspecified atom stereocenters. The Morgan fingerprint density at radius 1 is 0.435 bits per heavy atom. The van der Waals surface area contributed by atoms with Crippen LogP contribution in [0.15, 0.2) is 78.9 Å². The number of hydrogen-bond donors (Lipinski definition) is 0. The first-order valence-corrected chi connectivity index (χ1v) is 7.74. The van der Waals surface area contributed by atoms with Gasteiger partial charge >= 0.3 is 0 Å². The number of fused-ring (bicyclic) bond motifs is 7. The summed E-state index contributed by atoms with van der Waals surface area (Å²) in [5.74, 6) is -0.159. The summed E-state index contributed by atoms with van der Waals surface area (Å²) in [5, 5.41) is 8.42. The Morgan fingerprint density at radius 3 is 1.74 bits per heavy atom. The molecule has 0 spiro atoms. The molecule has 0 saturated heterocycles. The predicted molar refractivity (Wildman–Crippen MR) is 96.4 cm³/mol. The minimum atomic E-state index is -0.159. The van der Waals surface area contributed by atoms with Crippen molar-refractivity contribution in [1.29, 1.82) is 0 Å². The molecule has 0 aliphatic carbocycles. The molecular weight excluding hydrogens is 283 g/mol. The highest BCUT2D eigenvalue weighted by atomic mass is 19.1. The number of hydrogen-bond acceptors (Lipinski definition) is 0. The van der Waals surface area contributed by atoms with E-state index in [1.807, 2.05) is 36.4 Å². The molecule has 5 aromatic carbocycles. The van der Waals surface area contributed by atoms with Crippen molar-refractivity contribution < 1.29 is 4.39 Å². The molecule has 5 rings (SSSR count). The Bertz CT molecular complexity index is 1220. The second-order valence-corrected chi connectivity index (χ2v) is 5.95. The van der Waals surface area contributed by atoms with Crippen LogP contribution in [-0.2, 0) is 0 Å². The Labute approximate surface area is 132 Å². The van der Waals surface area contributed by atoms with Gasteiger partial charge in [0.15, 0.2) is 0 Å². The van der Waals surface area contributed by atoms with E-state index in [0.717, 1.165) is 21.5 Å². The summed E-state index contributed by atoms with van der Waals surface area (Å²) in [6, 6.07) is 26.2. The lowest BCUT2D eigenvalue weighted by Gasteiger charge is -2.10. The normalized spacial score (nSPS) is 11.7. The van der Waals surface area contributed by atoms with Gasteiger partial charge in [-0.2, -0.15) is 0 Å². The molecule has 0 radical (unpaired) electrons. The highest BCUT2D eigenvalue weighted by Crippen LogP contribution is 2.35. The molecule has 0 heterocycles. The SMILES string of the molecule is Fc1cc2c(ccc3c4ccccc4ccc32)c2ccccc12. The molecule has 0 amide bonds. The van der Waals surface area contributed by atoms with Gasteiger partial charge < -0.3 is 0 Å². The summed E-state index contributed by atoms with van der Waals surface area (Å²) >= 11 is 0. The van der Waals surface area contributed by atoms with Crippen molar-refractivity contribution in [3.63, 3.8) is 0 Å². The van der Waals surface area contributed by atoms with Crippen molar-refractivity contribution in [3.8, 4) is 0 Å².